The van der Waals surface area contributed by atoms with Gasteiger partial charge in [0.1, 0.15) is 4.75 Å². The molecule has 5 heteroatoms. The molecule has 0 aromatic rings. The molecule has 1 N–H and O–H groups in total. The number of alkyl halides is 2. The van der Waals surface area contributed by atoms with E-state index < -0.39 is 17.8 Å². The second kappa shape index (κ2) is 5.65. The average Bonchev–Trinajstić information content (AvgIpc) is 2.92. The number of halogens is 2. The van der Waals surface area contributed by atoms with Crippen molar-refractivity contribution in [2.24, 2.45) is 5.92 Å². The zero-order chi connectivity index (χ0) is 12.3. The molecule has 0 aliphatic heterocycles. The van der Waals surface area contributed by atoms with Crippen LogP contribution in [0.1, 0.15) is 46.5 Å². The third kappa shape index (κ3) is 4.97. The van der Waals surface area contributed by atoms with Crippen LogP contribution in [0.2, 0.25) is 0 Å². The fraction of sp³-hybridized carbons (Fsp3) is 1.00. The van der Waals surface area contributed by atoms with Crippen molar-refractivity contribution in [2.75, 3.05) is 0 Å². The third-order valence-electron chi connectivity index (χ3n) is 2.70. The van der Waals surface area contributed by atoms with E-state index in [1.165, 1.54) is 0 Å². The second-order valence-corrected chi connectivity index (χ2v) is 7.41. The molecule has 0 heterocycles. The molecule has 0 aromatic carbocycles. The lowest BCUT2D eigenvalue weighted by Gasteiger charge is -2.28. The highest BCUT2D eigenvalue weighted by Crippen LogP contribution is 2.35. The summed E-state index contributed by atoms with van der Waals surface area (Å²) in [5, 5.41) is 0. The molecule has 2 atom stereocenters. The fourth-order valence-electron chi connectivity index (χ4n) is 1.51. The van der Waals surface area contributed by atoms with E-state index in [0.717, 1.165) is 12.8 Å². The van der Waals surface area contributed by atoms with Crippen LogP contribution >= 0.6 is 0 Å². The van der Waals surface area contributed by atoms with Crippen LogP contribution in [0.15, 0.2) is 0 Å². The van der Waals surface area contributed by atoms with Crippen molar-refractivity contribution in [1.82, 2.24) is 4.72 Å². The van der Waals surface area contributed by atoms with Crippen LogP contribution in [0.5, 0.6) is 0 Å². The van der Waals surface area contributed by atoms with Crippen molar-refractivity contribution >= 4 is 11.4 Å². The van der Waals surface area contributed by atoms with Gasteiger partial charge < -0.3 is 4.55 Å². The summed E-state index contributed by atoms with van der Waals surface area (Å²) in [6, 6.07) is -0.00550. The maximum Gasteiger partial charge on any atom is 0.238 e. The molecule has 0 radical (unpaired) electrons. The summed E-state index contributed by atoms with van der Waals surface area (Å²) in [5.74, 6) is 0.449. The predicted octanol–water partition coefficient (Wildman–Crippen LogP) is 2.86. The molecule has 1 saturated carbocycles. The first kappa shape index (κ1) is 14.2. The van der Waals surface area contributed by atoms with Crippen LogP contribution in [-0.2, 0) is 11.4 Å². The zero-order valence-corrected chi connectivity index (χ0v) is 10.9. The summed E-state index contributed by atoms with van der Waals surface area (Å²) < 4.78 is 38.8. The normalized spacial score (nSPS) is 21.2. The smallest absolute Gasteiger partial charge is 0.238 e. The summed E-state index contributed by atoms with van der Waals surface area (Å²) in [6.07, 6.45) is 0.204. The third-order valence-corrected chi connectivity index (χ3v) is 4.33. The lowest BCUT2D eigenvalue weighted by molar-refractivity contribution is 0.130. The van der Waals surface area contributed by atoms with Gasteiger partial charge in [0.15, 0.2) is 0 Å². The van der Waals surface area contributed by atoms with E-state index in [9.17, 15) is 13.3 Å². The van der Waals surface area contributed by atoms with Gasteiger partial charge in [0, 0.05) is 17.8 Å². The van der Waals surface area contributed by atoms with Crippen molar-refractivity contribution in [2.45, 2.75) is 63.7 Å². The molecule has 2 nitrogen and oxygen atoms in total. The summed E-state index contributed by atoms with van der Waals surface area (Å²) in [5.41, 5.74) is 0. The Hall–Kier alpha value is 0.130. The minimum atomic E-state index is -2.26. The van der Waals surface area contributed by atoms with Crippen LogP contribution in [0.3, 0.4) is 0 Å². The van der Waals surface area contributed by atoms with E-state index >= 15 is 0 Å². The van der Waals surface area contributed by atoms with Crippen molar-refractivity contribution in [3.8, 4) is 0 Å². The molecule has 1 rings (SSSR count). The molecule has 1 unspecified atom stereocenters. The minimum absolute atomic E-state index is 0.00550. The lowest BCUT2D eigenvalue weighted by Crippen LogP contribution is -2.45. The first-order valence-corrected chi connectivity index (χ1v) is 6.92. The predicted molar refractivity (Wildman–Crippen MR) is 62.8 cm³/mol. The van der Waals surface area contributed by atoms with Gasteiger partial charge in [-0.3, -0.25) is 0 Å². The van der Waals surface area contributed by atoms with Crippen LogP contribution in [0, 0.1) is 5.92 Å². The van der Waals surface area contributed by atoms with Crippen molar-refractivity contribution < 1.29 is 13.3 Å². The molecule has 16 heavy (non-hydrogen) atoms. The molecule has 0 bridgehead atoms. The zero-order valence-electron chi connectivity index (χ0n) is 10.1. The van der Waals surface area contributed by atoms with Gasteiger partial charge in [-0.2, -0.15) is 0 Å². The quantitative estimate of drug-likeness (QED) is 0.739. The van der Waals surface area contributed by atoms with Crippen LogP contribution in [0.4, 0.5) is 8.78 Å². The molecule has 0 amide bonds. The molecule has 0 spiro atoms. The Balaban J connectivity index is 2.39. The lowest BCUT2D eigenvalue weighted by atomic mass is 10.1. The summed E-state index contributed by atoms with van der Waals surface area (Å²) in [6.45, 7) is 5.65. The highest BCUT2D eigenvalue weighted by Gasteiger charge is 2.37. The standard InChI is InChI=1S/C11H21F2NOS/c1-11(2,3)16(15)14-9(8-4-5-8)6-7-10(12)13/h8-10,14H,4-7H2,1-3H3/t9-,16?/m0/s1. The number of hydrogen-bond acceptors (Lipinski definition) is 2. The molecule has 0 aromatic heterocycles. The van der Waals surface area contributed by atoms with Crippen LogP contribution < -0.4 is 4.72 Å². The number of hydrogen-bond donors (Lipinski definition) is 1. The first-order chi connectivity index (χ1) is 7.30. The van der Waals surface area contributed by atoms with E-state index in [-0.39, 0.29) is 17.2 Å². The second-order valence-electron chi connectivity index (χ2n) is 5.41. The Morgan fingerprint density at radius 3 is 2.25 bits per heavy atom. The van der Waals surface area contributed by atoms with Gasteiger partial charge >= 0.3 is 0 Å². The summed E-state index contributed by atoms with van der Waals surface area (Å²) in [7, 11) is 0. The fourth-order valence-corrected chi connectivity index (χ4v) is 2.45. The Labute approximate surface area is 99.5 Å². The van der Waals surface area contributed by atoms with Gasteiger partial charge in [-0.15, -0.1) is 4.72 Å². The van der Waals surface area contributed by atoms with E-state index in [1.807, 2.05) is 20.8 Å². The average molecular weight is 253 g/mol. The van der Waals surface area contributed by atoms with Crippen molar-refractivity contribution in [3.05, 3.63) is 0 Å². The van der Waals surface area contributed by atoms with E-state index in [0.29, 0.717) is 12.3 Å². The maximum atomic E-state index is 12.1. The van der Waals surface area contributed by atoms with E-state index in [1.54, 1.807) is 0 Å². The molecular weight excluding hydrogens is 232 g/mol. The van der Waals surface area contributed by atoms with Crippen LogP contribution in [0.25, 0.3) is 0 Å². The number of nitrogens with one attached hydrogen (secondary N) is 1. The molecule has 96 valence electrons. The van der Waals surface area contributed by atoms with Crippen molar-refractivity contribution in [3.63, 3.8) is 0 Å². The van der Waals surface area contributed by atoms with Gasteiger partial charge in [-0.25, -0.2) is 8.78 Å². The Kier molecular flexibility index (Phi) is 5.01. The van der Waals surface area contributed by atoms with Gasteiger partial charge in [0.2, 0.25) is 6.43 Å². The van der Waals surface area contributed by atoms with E-state index in [2.05, 4.69) is 4.72 Å². The largest absolute Gasteiger partial charge is 0.598 e. The van der Waals surface area contributed by atoms with E-state index in [4.69, 9.17) is 0 Å². The Bertz CT molecular complexity index is 217. The molecule has 1 aliphatic rings. The topological polar surface area (TPSA) is 35.1 Å². The van der Waals surface area contributed by atoms with Crippen molar-refractivity contribution in [1.29, 1.82) is 0 Å². The minimum Gasteiger partial charge on any atom is -0.598 e. The van der Waals surface area contributed by atoms with Crippen LogP contribution in [-0.4, -0.2) is 21.8 Å². The Morgan fingerprint density at radius 2 is 1.88 bits per heavy atom. The number of rotatable bonds is 6. The first-order valence-electron chi connectivity index (χ1n) is 5.77. The van der Waals surface area contributed by atoms with Gasteiger partial charge in [0.05, 0.1) is 6.04 Å². The maximum absolute atomic E-state index is 12.1. The SMILES string of the molecule is CC(C)(C)[S+]([O-])N[C@@H](CCC(F)F)C1CC1. The molecule has 0 saturated heterocycles. The highest BCUT2D eigenvalue weighted by atomic mass is 32.2. The van der Waals surface area contributed by atoms with Gasteiger partial charge in [-0.1, -0.05) is 0 Å². The van der Waals surface area contributed by atoms with Gasteiger partial charge in [-0.05, 0) is 46.0 Å². The summed E-state index contributed by atoms with van der Waals surface area (Å²) >= 11 is -1.16. The Morgan fingerprint density at radius 1 is 1.31 bits per heavy atom. The molecule has 1 aliphatic carbocycles. The summed E-state index contributed by atoms with van der Waals surface area (Å²) in [4.78, 5) is 0. The molecule has 1 fully saturated rings. The molecular formula is C11H21F2NOS. The monoisotopic (exact) mass is 253 g/mol. The van der Waals surface area contributed by atoms with Gasteiger partial charge in [0.25, 0.3) is 0 Å². The highest BCUT2D eigenvalue weighted by molar-refractivity contribution is 7.90.